The molecule has 0 aromatic carbocycles. The van der Waals surface area contributed by atoms with Gasteiger partial charge in [0.1, 0.15) is 10.6 Å². The standard InChI is InChI=1S/C13H17ClN4S/c14-13-16-11(10-4-9-19-12(10)17-13)15-5-3-8-18-6-1-2-7-18/h4,9H,1-3,5-8H2,(H,15,16,17). The predicted octanol–water partition coefficient (Wildman–Crippen LogP) is 3.24. The average molecular weight is 297 g/mol. The van der Waals surface area contributed by atoms with Crippen molar-refractivity contribution in [2.45, 2.75) is 19.3 Å². The number of rotatable bonds is 5. The summed E-state index contributed by atoms with van der Waals surface area (Å²) in [4.78, 5) is 12.0. The first-order valence-corrected chi connectivity index (χ1v) is 7.96. The predicted molar refractivity (Wildman–Crippen MR) is 81.2 cm³/mol. The zero-order valence-electron chi connectivity index (χ0n) is 10.7. The second-order valence-corrected chi connectivity index (χ2v) is 6.04. The Morgan fingerprint density at radius 2 is 2.16 bits per heavy atom. The van der Waals surface area contributed by atoms with E-state index in [1.807, 2.05) is 11.4 Å². The van der Waals surface area contributed by atoms with E-state index in [1.165, 1.54) is 32.5 Å². The van der Waals surface area contributed by atoms with Crippen LogP contribution >= 0.6 is 22.9 Å². The van der Waals surface area contributed by atoms with Crippen molar-refractivity contribution in [1.82, 2.24) is 14.9 Å². The molecule has 0 spiro atoms. The molecular weight excluding hydrogens is 280 g/mol. The molecule has 0 amide bonds. The minimum absolute atomic E-state index is 0.317. The lowest BCUT2D eigenvalue weighted by molar-refractivity contribution is 0.337. The van der Waals surface area contributed by atoms with E-state index < -0.39 is 0 Å². The van der Waals surface area contributed by atoms with E-state index in [9.17, 15) is 0 Å². The molecule has 102 valence electrons. The van der Waals surface area contributed by atoms with E-state index in [-0.39, 0.29) is 0 Å². The molecule has 0 aliphatic carbocycles. The van der Waals surface area contributed by atoms with Crippen LogP contribution in [-0.2, 0) is 0 Å². The quantitative estimate of drug-likeness (QED) is 0.679. The molecule has 4 nitrogen and oxygen atoms in total. The van der Waals surface area contributed by atoms with Crippen LogP contribution < -0.4 is 5.32 Å². The van der Waals surface area contributed by atoms with E-state index in [4.69, 9.17) is 11.6 Å². The highest BCUT2D eigenvalue weighted by molar-refractivity contribution is 7.16. The number of hydrogen-bond donors (Lipinski definition) is 1. The maximum atomic E-state index is 5.93. The van der Waals surface area contributed by atoms with Crippen molar-refractivity contribution in [2.24, 2.45) is 0 Å². The lowest BCUT2D eigenvalue weighted by Gasteiger charge is -2.14. The van der Waals surface area contributed by atoms with Crippen molar-refractivity contribution in [1.29, 1.82) is 0 Å². The summed E-state index contributed by atoms with van der Waals surface area (Å²) < 4.78 is 0. The molecule has 0 saturated carbocycles. The lowest BCUT2D eigenvalue weighted by Crippen LogP contribution is -2.22. The van der Waals surface area contributed by atoms with Crippen LogP contribution in [0.1, 0.15) is 19.3 Å². The van der Waals surface area contributed by atoms with Gasteiger partial charge in [0.2, 0.25) is 5.28 Å². The zero-order chi connectivity index (χ0) is 13.1. The SMILES string of the molecule is Clc1nc(NCCCN2CCCC2)c2ccsc2n1. The Kier molecular flexibility index (Phi) is 4.15. The van der Waals surface area contributed by atoms with E-state index >= 15 is 0 Å². The highest BCUT2D eigenvalue weighted by Gasteiger charge is 2.11. The fraction of sp³-hybridized carbons (Fsp3) is 0.538. The van der Waals surface area contributed by atoms with Gasteiger partial charge in [0, 0.05) is 6.54 Å². The summed E-state index contributed by atoms with van der Waals surface area (Å²) in [6.45, 7) is 4.61. The molecule has 1 aliphatic heterocycles. The van der Waals surface area contributed by atoms with Crippen LogP contribution in [0, 0.1) is 0 Å². The van der Waals surface area contributed by atoms with Crippen molar-refractivity contribution >= 4 is 39.0 Å². The van der Waals surface area contributed by atoms with E-state index in [1.54, 1.807) is 11.3 Å². The number of nitrogens with zero attached hydrogens (tertiary/aromatic N) is 3. The van der Waals surface area contributed by atoms with E-state index in [0.717, 1.165) is 29.0 Å². The monoisotopic (exact) mass is 296 g/mol. The number of thiophene rings is 1. The Morgan fingerprint density at radius 1 is 1.32 bits per heavy atom. The number of nitrogens with one attached hydrogen (secondary N) is 1. The highest BCUT2D eigenvalue weighted by Crippen LogP contribution is 2.26. The Labute approximate surface area is 121 Å². The van der Waals surface area contributed by atoms with Gasteiger partial charge in [0.25, 0.3) is 0 Å². The molecule has 2 aromatic rings. The van der Waals surface area contributed by atoms with Crippen LogP contribution in [0.3, 0.4) is 0 Å². The van der Waals surface area contributed by atoms with Gasteiger partial charge in [-0.05, 0) is 61.9 Å². The van der Waals surface area contributed by atoms with Gasteiger partial charge < -0.3 is 10.2 Å². The number of aromatic nitrogens is 2. The Balaban J connectivity index is 1.57. The number of fused-ring (bicyclic) bond motifs is 1. The first-order valence-electron chi connectivity index (χ1n) is 6.70. The topological polar surface area (TPSA) is 41.1 Å². The first kappa shape index (κ1) is 13.1. The maximum Gasteiger partial charge on any atom is 0.225 e. The van der Waals surface area contributed by atoms with Gasteiger partial charge in [-0.2, -0.15) is 0 Å². The van der Waals surface area contributed by atoms with Gasteiger partial charge in [-0.1, -0.05) is 0 Å². The van der Waals surface area contributed by atoms with Crippen LogP contribution in [0.5, 0.6) is 0 Å². The molecule has 3 heterocycles. The third-order valence-electron chi connectivity index (χ3n) is 3.44. The summed E-state index contributed by atoms with van der Waals surface area (Å²) in [6, 6.07) is 2.04. The number of hydrogen-bond acceptors (Lipinski definition) is 5. The molecule has 0 bridgehead atoms. The van der Waals surface area contributed by atoms with Crippen LogP contribution in [-0.4, -0.2) is 41.0 Å². The van der Waals surface area contributed by atoms with Gasteiger partial charge in [0.15, 0.2) is 0 Å². The Bertz CT molecular complexity index is 551. The summed E-state index contributed by atoms with van der Waals surface area (Å²) in [5.41, 5.74) is 0. The van der Waals surface area contributed by atoms with Gasteiger partial charge in [-0.25, -0.2) is 9.97 Å². The normalized spacial score (nSPS) is 16.3. The molecule has 19 heavy (non-hydrogen) atoms. The minimum atomic E-state index is 0.317. The lowest BCUT2D eigenvalue weighted by atomic mass is 10.3. The molecule has 1 fully saturated rings. The van der Waals surface area contributed by atoms with Crippen LogP contribution in [0.2, 0.25) is 5.28 Å². The van der Waals surface area contributed by atoms with Crippen molar-refractivity contribution in [3.63, 3.8) is 0 Å². The second kappa shape index (κ2) is 6.03. The summed E-state index contributed by atoms with van der Waals surface area (Å²) in [5.74, 6) is 0.859. The van der Waals surface area contributed by atoms with Gasteiger partial charge in [-0.3, -0.25) is 0 Å². The van der Waals surface area contributed by atoms with Crippen LogP contribution in [0.15, 0.2) is 11.4 Å². The summed E-state index contributed by atoms with van der Waals surface area (Å²) in [5, 5.41) is 6.78. The van der Waals surface area contributed by atoms with Crippen molar-refractivity contribution in [3.8, 4) is 0 Å². The molecule has 0 atom stereocenters. The zero-order valence-corrected chi connectivity index (χ0v) is 12.3. The number of likely N-dealkylation sites (tertiary alicyclic amines) is 1. The fourth-order valence-electron chi connectivity index (χ4n) is 2.48. The second-order valence-electron chi connectivity index (χ2n) is 4.81. The first-order chi connectivity index (χ1) is 9.33. The largest absolute Gasteiger partial charge is 0.369 e. The molecule has 6 heteroatoms. The summed E-state index contributed by atoms with van der Waals surface area (Å²) in [6.07, 6.45) is 3.84. The number of halogens is 1. The highest BCUT2D eigenvalue weighted by atomic mass is 35.5. The molecular formula is C13H17ClN4S. The van der Waals surface area contributed by atoms with Crippen LogP contribution in [0.25, 0.3) is 10.2 Å². The number of anilines is 1. The molecule has 2 aromatic heterocycles. The van der Waals surface area contributed by atoms with E-state index in [0.29, 0.717) is 5.28 Å². The van der Waals surface area contributed by atoms with Crippen molar-refractivity contribution < 1.29 is 0 Å². The Hall–Kier alpha value is -0.910. The molecule has 1 N–H and O–H groups in total. The smallest absolute Gasteiger partial charge is 0.225 e. The molecule has 1 saturated heterocycles. The maximum absolute atomic E-state index is 5.93. The third kappa shape index (κ3) is 3.16. The molecule has 3 rings (SSSR count). The Morgan fingerprint density at radius 3 is 3.00 bits per heavy atom. The van der Waals surface area contributed by atoms with Gasteiger partial charge >= 0.3 is 0 Å². The fourth-order valence-corrected chi connectivity index (χ4v) is 3.46. The average Bonchev–Trinajstić information content (AvgIpc) is 3.04. The van der Waals surface area contributed by atoms with E-state index in [2.05, 4.69) is 20.2 Å². The molecule has 0 unspecified atom stereocenters. The van der Waals surface area contributed by atoms with Crippen molar-refractivity contribution in [3.05, 3.63) is 16.7 Å². The summed E-state index contributed by atoms with van der Waals surface area (Å²) >= 11 is 7.52. The molecule has 0 radical (unpaired) electrons. The third-order valence-corrected chi connectivity index (χ3v) is 4.42. The minimum Gasteiger partial charge on any atom is -0.369 e. The van der Waals surface area contributed by atoms with Crippen LogP contribution in [0.4, 0.5) is 5.82 Å². The van der Waals surface area contributed by atoms with Crippen molar-refractivity contribution in [2.75, 3.05) is 31.5 Å². The summed E-state index contributed by atoms with van der Waals surface area (Å²) in [7, 11) is 0. The molecule has 1 aliphatic rings. The van der Waals surface area contributed by atoms with Gasteiger partial charge in [-0.15, -0.1) is 11.3 Å². The van der Waals surface area contributed by atoms with Gasteiger partial charge in [0.05, 0.1) is 5.39 Å².